The van der Waals surface area contributed by atoms with Gasteiger partial charge in [-0.05, 0) is 75.9 Å². The van der Waals surface area contributed by atoms with Crippen LogP contribution in [0.3, 0.4) is 0 Å². The Labute approximate surface area is 252 Å². The second kappa shape index (κ2) is 11.2. The molecule has 0 radical (unpaired) electrons. The van der Waals surface area contributed by atoms with Crippen LogP contribution in [0.2, 0.25) is 0 Å². The molecule has 1 aromatic rings. The summed E-state index contributed by atoms with van der Waals surface area (Å²) in [6.07, 6.45) is -0.332. The van der Waals surface area contributed by atoms with Crippen LogP contribution in [-0.2, 0) is 28.7 Å². The van der Waals surface area contributed by atoms with Crippen molar-refractivity contribution in [3.63, 3.8) is 0 Å². The van der Waals surface area contributed by atoms with E-state index in [-0.39, 0.29) is 18.5 Å². The Morgan fingerprint density at radius 1 is 1.09 bits per heavy atom. The molecule has 1 fully saturated rings. The summed E-state index contributed by atoms with van der Waals surface area (Å²) in [5.74, 6) is -8.58. The van der Waals surface area contributed by atoms with Crippen LogP contribution >= 0.6 is 0 Å². The lowest BCUT2D eigenvalue weighted by Crippen LogP contribution is -2.63. The Morgan fingerprint density at radius 2 is 1.73 bits per heavy atom. The first-order valence-electron chi connectivity index (χ1n) is 14.8. The number of halogens is 3. The second-order valence-electron chi connectivity index (χ2n) is 12.9. The van der Waals surface area contributed by atoms with Crippen LogP contribution in [0.5, 0.6) is 5.75 Å². The predicted molar refractivity (Wildman–Crippen MR) is 152 cm³/mol. The van der Waals surface area contributed by atoms with Gasteiger partial charge in [-0.15, -0.1) is 0 Å². The number of amides is 1. The number of carbonyl (C=O) groups excluding carboxylic acids is 3. The molecule has 1 amide bonds. The first-order chi connectivity index (χ1) is 20.5. The fourth-order valence-corrected chi connectivity index (χ4v) is 8.03. The van der Waals surface area contributed by atoms with Crippen LogP contribution in [0.4, 0.5) is 13.2 Å². The lowest BCUT2D eigenvalue weighted by atomic mass is 9.58. The van der Waals surface area contributed by atoms with Gasteiger partial charge in [-0.1, -0.05) is 19.3 Å². The fourth-order valence-electron chi connectivity index (χ4n) is 8.03. The number of aliphatic hydroxyl groups excluding tert-OH is 2. The third kappa shape index (κ3) is 4.98. The number of alkyl halides is 3. The van der Waals surface area contributed by atoms with Crippen LogP contribution in [0.15, 0.2) is 28.7 Å². The maximum absolute atomic E-state index is 14.8. The number of hydrogen-bond acceptors (Lipinski definition) is 9. The largest absolute Gasteiger partial charge is 0.510 e. The van der Waals surface area contributed by atoms with E-state index in [1.54, 1.807) is 11.9 Å². The molecule has 4 aliphatic carbocycles. The van der Waals surface area contributed by atoms with E-state index in [1.165, 1.54) is 19.0 Å². The zero-order chi connectivity index (χ0) is 32.5. The lowest BCUT2D eigenvalue weighted by molar-refractivity contribution is -0.148. The first kappa shape index (κ1) is 32.0. The van der Waals surface area contributed by atoms with Crippen LogP contribution in [0.1, 0.15) is 65.6 Å². The van der Waals surface area contributed by atoms with Crippen molar-refractivity contribution in [1.29, 1.82) is 0 Å². The van der Waals surface area contributed by atoms with Crippen molar-refractivity contribution < 1.29 is 48.0 Å². The summed E-state index contributed by atoms with van der Waals surface area (Å²) >= 11 is 0. The van der Waals surface area contributed by atoms with Crippen LogP contribution in [-0.4, -0.2) is 87.0 Å². The number of allylic oxidation sites excluding steroid dienone is 1. The molecule has 240 valence electrons. The maximum atomic E-state index is 14.8. The van der Waals surface area contributed by atoms with E-state index >= 15 is 0 Å². The smallest absolute Gasteiger partial charge is 0.417 e. The number of fused-ring (bicyclic) bond motifs is 3. The van der Waals surface area contributed by atoms with Gasteiger partial charge in [0.05, 0.1) is 17.2 Å². The zero-order valence-electron chi connectivity index (χ0n) is 24.9. The van der Waals surface area contributed by atoms with Gasteiger partial charge in [0.1, 0.15) is 22.8 Å². The molecule has 13 heteroatoms. The minimum atomic E-state index is -4.89. The number of phenols is 1. The minimum absolute atomic E-state index is 0.118. The monoisotopic (exact) mass is 621 g/mol. The highest BCUT2D eigenvalue weighted by Crippen LogP contribution is 2.54. The molecule has 0 saturated heterocycles. The number of benzene rings is 1. The van der Waals surface area contributed by atoms with Gasteiger partial charge in [0, 0.05) is 24.6 Å². The van der Waals surface area contributed by atoms with Crippen molar-refractivity contribution >= 4 is 17.5 Å². The van der Waals surface area contributed by atoms with Gasteiger partial charge < -0.3 is 31.1 Å². The molecule has 0 unspecified atom stereocenters. The van der Waals surface area contributed by atoms with E-state index in [9.17, 15) is 48.0 Å². The molecular weight excluding hydrogens is 583 g/mol. The number of nitrogens with two attached hydrogens (primary N) is 1. The molecule has 5 rings (SSSR count). The highest BCUT2D eigenvalue weighted by Gasteiger charge is 2.63. The van der Waals surface area contributed by atoms with Crippen LogP contribution in [0.25, 0.3) is 0 Å². The number of hydrogen-bond donors (Lipinski definition) is 5. The molecule has 1 saturated carbocycles. The number of carbonyl (C=O) groups is 3. The van der Waals surface area contributed by atoms with Crippen molar-refractivity contribution in [2.75, 3.05) is 27.7 Å². The number of phenolic OH excluding ortho intramolecular Hbond substituents is 1. The fraction of sp³-hybridized carbons (Fsp3) is 0.581. The molecule has 44 heavy (non-hydrogen) atoms. The van der Waals surface area contributed by atoms with Crippen molar-refractivity contribution in [3.8, 4) is 5.75 Å². The summed E-state index contributed by atoms with van der Waals surface area (Å²) < 4.78 is 44.3. The standard InChI is InChI=1S/C31H38F3N3O7/c1-36(2)24-18-10-15-9-17-21(25(39)20(15)27(41)30(18,44)28(42)22(26(24)40)29(35)43)19(38)11-16(23(17)31(32,33)34)13-37(3)12-14-7-5-4-6-8-14/h11,14-15,18,24,38,40-41,44H,4-10,12-13H2,1-3H3,(H2,35,43)/t15-,18-,24-,30-/m0/s1. The third-order valence-electron chi connectivity index (χ3n) is 9.83. The molecule has 4 aliphatic rings. The Hall–Kier alpha value is -3.42. The first-order valence-corrected chi connectivity index (χ1v) is 14.8. The quantitative estimate of drug-likeness (QED) is 0.300. The number of Topliss-reactive ketones (excluding diaryl/α,β-unsaturated/α-hetero) is 2. The highest BCUT2D eigenvalue weighted by molar-refractivity contribution is 6.24. The predicted octanol–water partition coefficient (Wildman–Crippen LogP) is 3.15. The summed E-state index contributed by atoms with van der Waals surface area (Å²) in [5, 5.41) is 44.9. The lowest BCUT2D eigenvalue weighted by Gasteiger charge is -2.50. The summed E-state index contributed by atoms with van der Waals surface area (Å²) in [5.41, 5.74) is -1.30. The number of ketones is 2. The Balaban J connectivity index is 1.62. The van der Waals surface area contributed by atoms with Crippen LogP contribution in [0, 0.1) is 17.8 Å². The van der Waals surface area contributed by atoms with Crippen molar-refractivity contribution in [3.05, 3.63) is 51.0 Å². The maximum Gasteiger partial charge on any atom is 0.417 e. The summed E-state index contributed by atoms with van der Waals surface area (Å²) in [6, 6.07) is -0.315. The highest BCUT2D eigenvalue weighted by atomic mass is 19.4. The van der Waals surface area contributed by atoms with Gasteiger partial charge in [-0.2, -0.15) is 13.2 Å². The van der Waals surface area contributed by atoms with E-state index in [1.807, 2.05) is 0 Å². The molecular formula is C31H38F3N3O7. The van der Waals surface area contributed by atoms with Gasteiger partial charge in [0.2, 0.25) is 5.78 Å². The average Bonchev–Trinajstić information content (AvgIpc) is 2.90. The molecule has 0 heterocycles. The number of likely N-dealkylation sites (N-methyl/N-ethyl adjacent to an activating group) is 1. The number of aromatic hydroxyl groups is 1. The molecule has 0 spiro atoms. The van der Waals surface area contributed by atoms with E-state index < -0.39 is 98.7 Å². The SMILES string of the molecule is CN(Cc1cc(O)c2c(c1C(F)(F)F)C[C@H]1C[C@H]3[C@H](N(C)C)C(O)=C(C(N)=O)C(=O)[C@@]3(O)C(O)=C1C2=O)CC1CCCCC1. The zero-order valence-corrected chi connectivity index (χ0v) is 24.9. The molecule has 0 bridgehead atoms. The normalized spacial score (nSPS) is 28.0. The summed E-state index contributed by atoms with van der Waals surface area (Å²) in [6.45, 7) is 0.467. The van der Waals surface area contributed by atoms with Gasteiger partial charge in [0.15, 0.2) is 11.4 Å². The third-order valence-corrected chi connectivity index (χ3v) is 9.83. The van der Waals surface area contributed by atoms with Gasteiger partial charge >= 0.3 is 6.18 Å². The van der Waals surface area contributed by atoms with E-state index in [0.717, 1.165) is 38.2 Å². The topological polar surface area (TPSA) is 165 Å². The van der Waals surface area contributed by atoms with Crippen molar-refractivity contribution in [1.82, 2.24) is 9.80 Å². The molecule has 0 aliphatic heterocycles. The van der Waals surface area contributed by atoms with E-state index in [2.05, 4.69) is 0 Å². The molecule has 4 atom stereocenters. The summed E-state index contributed by atoms with van der Waals surface area (Å²) in [4.78, 5) is 42.5. The molecule has 0 aromatic heterocycles. The number of nitrogens with zero attached hydrogens (tertiary/aromatic N) is 2. The van der Waals surface area contributed by atoms with Gasteiger partial charge in [-0.25, -0.2) is 0 Å². The number of aliphatic hydroxyl groups is 3. The Bertz CT molecular complexity index is 1480. The van der Waals surface area contributed by atoms with Crippen molar-refractivity contribution in [2.45, 2.75) is 69.3 Å². The molecule has 10 nitrogen and oxygen atoms in total. The van der Waals surface area contributed by atoms with Crippen LogP contribution < -0.4 is 5.73 Å². The van der Waals surface area contributed by atoms with Gasteiger partial charge in [0.25, 0.3) is 5.91 Å². The second-order valence-corrected chi connectivity index (χ2v) is 12.9. The van der Waals surface area contributed by atoms with E-state index in [4.69, 9.17) is 5.73 Å². The molecule has 1 aromatic carbocycles. The number of primary amides is 1. The molecule has 6 N–H and O–H groups in total. The average molecular weight is 622 g/mol. The van der Waals surface area contributed by atoms with Gasteiger partial charge in [-0.3, -0.25) is 19.3 Å². The minimum Gasteiger partial charge on any atom is -0.510 e. The summed E-state index contributed by atoms with van der Waals surface area (Å²) in [7, 11) is 4.67. The Morgan fingerprint density at radius 3 is 2.30 bits per heavy atom. The van der Waals surface area contributed by atoms with E-state index in [0.29, 0.717) is 12.5 Å². The van der Waals surface area contributed by atoms with Crippen molar-refractivity contribution in [2.24, 2.45) is 23.5 Å². The number of rotatable bonds is 6. The Kier molecular flexibility index (Phi) is 8.13.